The van der Waals surface area contributed by atoms with Crippen molar-refractivity contribution >= 4 is 28.4 Å². The number of ether oxygens (including phenoxy) is 1. The summed E-state index contributed by atoms with van der Waals surface area (Å²) in [5.74, 6) is 0.634. The van der Waals surface area contributed by atoms with E-state index in [0.717, 1.165) is 35.4 Å². The number of para-hydroxylation sites is 1. The smallest absolute Gasteiger partial charge is 0.256 e. The maximum absolute atomic E-state index is 12.9. The third-order valence-electron chi connectivity index (χ3n) is 5.59. The van der Waals surface area contributed by atoms with Crippen molar-refractivity contribution in [3.8, 4) is 5.75 Å². The molecule has 7 heteroatoms. The fourth-order valence-electron chi connectivity index (χ4n) is 3.85. The number of aromatic nitrogens is 1. The second-order valence-corrected chi connectivity index (χ2v) is 7.48. The maximum Gasteiger partial charge on any atom is 0.256 e. The number of rotatable bonds is 5. The number of anilines is 1. The lowest BCUT2D eigenvalue weighted by Crippen LogP contribution is -2.51. The Labute approximate surface area is 175 Å². The molecule has 3 aromatic rings. The Hall–Kier alpha value is -3.48. The van der Waals surface area contributed by atoms with Gasteiger partial charge in [-0.15, -0.1) is 0 Å². The van der Waals surface area contributed by atoms with Crippen LogP contribution < -0.4 is 9.64 Å². The highest BCUT2D eigenvalue weighted by Crippen LogP contribution is 2.22. The lowest BCUT2D eigenvalue weighted by molar-refractivity contribution is -0.131. The minimum Gasteiger partial charge on any atom is -0.497 e. The van der Waals surface area contributed by atoms with Crippen LogP contribution in [-0.2, 0) is 4.79 Å². The summed E-state index contributed by atoms with van der Waals surface area (Å²) in [4.78, 5) is 34.3. The number of piperazine rings is 1. The zero-order valence-electron chi connectivity index (χ0n) is 17.3. The quantitative estimate of drug-likeness (QED) is 0.707. The van der Waals surface area contributed by atoms with E-state index in [9.17, 15) is 9.59 Å². The van der Waals surface area contributed by atoms with Gasteiger partial charge in [-0.25, -0.2) is 0 Å². The Bertz CT molecular complexity index is 1050. The molecule has 30 heavy (non-hydrogen) atoms. The number of carbonyl (C=O) groups excluding carboxylic acids is 2. The molecule has 1 aliphatic rings. The minimum absolute atomic E-state index is 0.0315. The average Bonchev–Trinajstić information content (AvgIpc) is 3.22. The molecule has 1 aromatic heterocycles. The van der Waals surface area contributed by atoms with Crippen LogP contribution in [0.15, 0.2) is 54.7 Å². The highest BCUT2D eigenvalue weighted by Gasteiger charge is 2.24. The maximum atomic E-state index is 12.9. The fraction of sp³-hybridized carbons (Fsp3) is 0.304. The first kappa shape index (κ1) is 19.8. The summed E-state index contributed by atoms with van der Waals surface area (Å²) in [6.45, 7) is 2.83. The summed E-state index contributed by atoms with van der Waals surface area (Å²) in [7, 11) is 3.33. The molecule has 0 saturated carbocycles. The Morgan fingerprint density at radius 3 is 2.60 bits per heavy atom. The van der Waals surface area contributed by atoms with E-state index < -0.39 is 0 Å². The highest BCUT2D eigenvalue weighted by atomic mass is 16.5. The minimum atomic E-state index is -0.157. The number of hydrogen-bond donors (Lipinski definition) is 1. The molecule has 156 valence electrons. The van der Waals surface area contributed by atoms with E-state index in [4.69, 9.17) is 4.74 Å². The molecule has 4 rings (SSSR count). The number of aromatic amines is 1. The molecular weight excluding hydrogens is 380 g/mol. The van der Waals surface area contributed by atoms with E-state index >= 15 is 0 Å². The number of amides is 2. The van der Waals surface area contributed by atoms with Crippen molar-refractivity contribution in [2.45, 2.75) is 0 Å². The van der Waals surface area contributed by atoms with Crippen LogP contribution in [0.1, 0.15) is 10.4 Å². The molecule has 0 atom stereocenters. The van der Waals surface area contributed by atoms with Gasteiger partial charge in [0.2, 0.25) is 5.91 Å². The lowest BCUT2D eigenvalue weighted by atomic mass is 10.1. The van der Waals surface area contributed by atoms with Gasteiger partial charge in [0.25, 0.3) is 5.91 Å². The zero-order valence-corrected chi connectivity index (χ0v) is 17.3. The third kappa shape index (κ3) is 3.96. The number of carbonyl (C=O) groups is 2. The predicted molar refractivity (Wildman–Crippen MR) is 117 cm³/mol. The molecule has 0 radical (unpaired) electrons. The predicted octanol–water partition coefficient (Wildman–Crippen LogP) is 2.60. The Kier molecular flexibility index (Phi) is 5.61. The number of fused-ring (bicyclic) bond motifs is 1. The molecule has 2 amide bonds. The van der Waals surface area contributed by atoms with Gasteiger partial charge in [-0.2, -0.15) is 0 Å². The van der Waals surface area contributed by atoms with Gasteiger partial charge in [-0.1, -0.05) is 24.3 Å². The van der Waals surface area contributed by atoms with Crippen molar-refractivity contribution in [1.82, 2.24) is 14.8 Å². The van der Waals surface area contributed by atoms with Crippen molar-refractivity contribution in [2.75, 3.05) is 51.8 Å². The number of nitrogens with one attached hydrogen (secondary N) is 1. The second-order valence-electron chi connectivity index (χ2n) is 7.48. The van der Waals surface area contributed by atoms with Crippen LogP contribution in [0.4, 0.5) is 5.69 Å². The van der Waals surface area contributed by atoms with Crippen molar-refractivity contribution in [3.05, 3.63) is 60.3 Å². The van der Waals surface area contributed by atoms with Gasteiger partial charge in [0.05, 0.1) is 19.2 Å². The van der Waals surface area contributed by atoms with E-state index in [1.807, 2.05) is 53.4 Å². The molecule has 1 fully saturated rings. The van der Waals surface area contributed by atoms with Crippen LogP contribution in [-0.4, -0.2) is 73.5 Å². The lowest BCUT2D eigenvalue weighted by Gasteiger charge is -2.36. The molecule has 2 heterocycles. The van der Waals surface area contributed by atoms with Gasteiger partial charge in [-0.3, -0.25) is 9.59 Å². The summed E-state index contributed by atoms with van der Waals surface area (Å²) >= 11 is 0. The zero-order chi connectivity index (χ0) is 21.1. The summed E-state index contributed by atoms with van der Waals surface area (Å²) in [6, 6.07) is 15.6. The summed E-state index contributed by atoms with van der Waals surface area (Å²) < 4.78 is 5.30. The molecule has 1 aliphatic heterocycles. The topological polar surface area (TPSA) is 68.9 Å². The number of H-pyrrole nitrogens is 1. The number of benzene rings is 2. The van der Waals surface area contributed by atoms with Gasteiger partial charge in [0.15, 0.2) is 0 Å². The fourth-order valence-corrected chi connectivity index (χ4v) is 3.85. The van der Waals surface area contributed by atoms with Gasteiger partial charge in [-0.05, 0) is 18.2 Å². The van der Waals surface area contributed by atoms with Crippen LogP contribution in [0.3, 0.4) is 0 Å². The molecule has 0 bridgehead atoms. The van der Waals surface area contributed by atoms with Crippen molar-refractivity contribution in [3.63, 3.8) is 0 Å². The first-order valence-corrected chi connectivity index (χ1v) is 10.0. The standard InChI is InChI=1S/C23H26N4O3/c1-25(23(29)20-15-24-21-9-4-3-8-19(20)21)16-22(28)27-12-10-26(11-13-27)17-6-5-7-18(14-17)30-2/h3-9,14-15,24H,10-13,16H2,1-2H3. The number of nitrogens with zero attached hydrogens (tertiary/aromatic N) is 3. The van der Waals surface area contributed by atoms with E-state index in [1.54, 1.807) is 20.4 Å². The van der Waals surface area contributed by atoms with Crippen molar-refractivity contribution < 1.29 is 14.3 Å². The first-order valence-electron chi connectivity index (χ1n) is 10.0. The van der Waals surface area contributed by atoms with Gasteiger partial charge >= 0.3 is 0 Å². The Morgan fingerprint density at radius 2 is 1.83 bits per heavy atom. The van der Waals surface area contributed by atoms with Crippen LogP contribution in [0.2, 0.25) is 0 Å². The molecule has 0 spiro atoms. The van der Waals surface area contributed by atoms with Gasteiger partial charge in [0.1, 0.15) is 5.75 Å². The van der Waals surface area contributed by atoms with Crippen molar-refractivity contribution in [2.24, 2.45) is 0 Å². The molecule has 7 nitrogen and oxygen atoms in total. The van der Waals surface area contributed by atoms with E-state index in [0.29, 0.717) is 18.7 Å². The summed E-state index contributed by atoms with van der Waals surface area (Å²) in [5.41, 5.74) is 2.59. The second kappa shape index (κ2) is 8.49. The number of hydrogen-bond acceptors (Lipinski definition) is 4. The molecular formula is C23H26N4O3. The van der Waals surface area contributed by atoms with E-state index in [-0.39, 0.29) is 18.4 Å². The van der Waals surface area contributed by atoms with Crippen LogP contribution in [0.25, 0.3) is 10.9 Å². The molecule has 0 aliphatic carbocycles. The Morgan fingerprint density at radius 1 is 1.07 bits per heavy atom. The molecule has 1 saturated heterocycles. The van der Waals surface area contributed by atoms with E-state index in [1.165, 1.54) is 4.90 Å². The summed E-state index contributed by atoms with van der Waals surface area (Å²) in [6.07, 6.45) is 1.71. The third-order valence-corrected chi connectivity index (χ3v) is 5.59. The molecule has 0 unspecified atom stereocenters. The first-order chi connectivity index (χ1) is 14.6. The van der Waals surface area contributed by atoms with Crippen LogP contribution in [0, 0.1) is 0 Å². The number of likely N-dealkylation sites (N-methyl/N-ethyl adjacent to an activating group) is 1. The van der Waals surface area contributed by atoms with Crippen molar-refractivity contribution in [1.29, 1.82) is 0 Å². The van der Waals surface area contributed by atoms with E-state index in [2.05, 4.69) is 9.88 Å². The Balaban J connectivity index is 1.34. The summed E-state index contributed by atoms with van der Waals surface area (Å²) in [5, 5.41) is 0.869. The van der Waals surface area contributed by atoms with Gasteiger partial charge < -0.3 is 24.4 Å². The monoisotopic (exact) mass is 406 g/mol. The number of methoxy groups -OCH3 is 1. The van der Waals surface area contributed by atoms with Crippen LogP contribution in [0.5, 0.6) is 5.75 Å². The highest BCUT2D eigenvalue weighted by molar-refractivity contribution is 6.07. The molecule has 1 N–H and O–H groups in total. The SMILES string of the molecule is COc1cccc(N2CCN(C(=O)CN(C)C(=O)c3c[nH]c4ccccc34)CC2)c1. The largest absolute Gasteiger partial charge is 0.497 e. The van der Waals surface area contributed by atoms with Crippen LogP contribution >= 0.6 is 0 Å². The average molecular weight is 406 g/mol. The molecule has 2 aromatic carbocycles. The normalized spacial score (nSPS) is 14.1. The van der Waals surface area contributed by atoms with Gasteiger partial charge in [0, 0.05) is 62.1 Å².